The third kappa shape index (κ3) is 4.10. The lowest BCUT2D eigenvalue weighted by Gasteiger charge is -2.29. The minimum atomic E-state index is -0.213. The zero-order valence-corrected chi connectivity index (χ0v) is 10.7. The molecule has 4 nitrogen and oxygen atoms in total. The van der Waals surface area contributed by atoms with Crippen LogP contribution in [0.4, 0.5) is 0 Å². The maximum Gasteiger partial charge on any atom is 0.296 e. The van der Waals surface area contributed by atoms with Gasteiger partial charge in [-0.2, -0.15) is 0 Å². The summed E-state index contributed by atoms with van der Waals surface area (Å²) in [7, 11) is 3.57. The van der Waals surface area contributed by atoms with Crippen LogP contribution in [0.2, 0.25) is 0 Å². The Bertz CT molecular complexity index is 344. The molecule has 1 aliphatic carbocycles. The summed E-state index contributed by atoms with van der Waals surface area (Å²) < 4.78 is 0. The van der Waals surface area contributed by atoms with E-state index in [1.54, 1.807) is 25.9 Å². The van der Waals surface area contributed by atoms with Crippen molar-refractivity contribution in [2.24, 2.45) is 5.92 Å². The fourth-order valence-corrected chi connectivity index (χ4v) is 2.18. The van der Waals surface area contributed by atoms with Crippen molar-refractivity contribution in [1.82, 2.24) is 10.2 Å². The summed E-state index contributed by atoms with van der Waals surface area (Å²) in [6.45, 7) is 1.65. The Kier molecular flexibility index (Phi) is 5.02. The molecule has 0 spiro atoms. The first-order valence-electron chi connectivity index (χ1n) is 5.99. The van der Waals surface area contributed by atoms with Crippen molar-refractivity contribution in [3.05, 3.63) is 0 Å². The number of carbonyl (C=O) groups is 2. The molecule has 17 heavy (non-hydrogen) atoms. The van der Waals surface area contributed by atoms with Gasteiger partial charge in [0.15, 0.2) is 0 Å². The van der Waals surface area contributed by atoms with Gasteiger partial charge in [-0.1, -0.05) is 5.92 Å². The van der Waals surface area contributed by atoms with Gasteiger partial charge in [-0.25, -0.2) is 0 Å². The summed E-state index contributed by atoms with van der Waals surface area (Å²) in [6, 6.07) is 0.176. The molecule has 0 atom stereocenters. The summed E-state index contributed by atoms with van der Waals surface area (Å²) in [6.07, 6.45) is 3.42. The van der Waals surface area contributed by atoms with Crippen molar-refractivity contribution >= 4 is 11.8 Å². The van der Waals surface area contributed by atoms with Gasteiger partial charge in [0.05, 0.1) is 0 Å². The third-order valence-corrected chi connectivity index (χ3v) is 3.09. The number of nitrogens with one attached hydrogen (secondary N) is 1. The smallest absolute Gasteiger partial charge is 0.296 e. The van der Waals surface area contributed by atoms with Crippen LogP contribution in [0.25, 0.3) is 0 Å². The Hall–Kier alpha value is -1.50. The second-order valence-corrected chi connectivity index (χ2v) is 4.63. The molecular formula is C13H20N2O2. The summed E-state index contributed by atoms with van der Waals surface area (Å²) in [4.78, 5) is 24.7. The number of hydrogen-bond donors (Lipinski definition) is 1. The van der Waals surface area contributed by atoms with Gasteiger partial charge in [0.2, 0.25) is 5.91 Å². The average molecular weight is 236 g/mol. The molecule has 0 aromatic carbocycles. The van der Waals surface area contributed by atoms with Crippen LogP contribution in [0, 0.1) is 17.8 Å². The maximum atomic E-state index is 11.7. The van der Waals surface area contributed by atoms with Crippen molar-refractivity contribution in [1.29, 1.82) is 0 Å². The van der Waals surface area contributed by atoms with E-state index in [1.807, 2.05) is 0 Å². The lowest BCUT2D eigenvalue weighted by atomic mass is 9.85. The summed E-state index contributed by atoms with van der Waals surface area (Å²) >= 11 is 0. The van der Waals surface area contributed by atoms with Crippen LogP contribution in [0.5, 0.6) is 0 Å². The molecule has 0 bridgehead atoms. The molecule has 0 unspecified atom stereocenters. The van der Waals surface area contributed by atoms with Gasteiger partial charge in [-0.3, -0.25) is 9.59 Å². The summed E-state index contributed by atoms with van der Waals surface area (Å²) in [5.74, 6) is 5.15. The minimum Gasteiger partial charge on any atom is -0.349 e. The number of rotatable bonds is 2. The second-order valence-electron chi connectivity index (χ2n) is 4.63. The standard InChI is InChI=1S/C13H20N2O2/c1-4-5-12(16)14-11-8-6-10(7-9-11)13(17)15(2)3/h10-11H,6-9H2,1-3H3,(H,14,16). The molecule has 2 amide bonds. The third-order valence-electron chi connectivity index (χ3n) is 3.09. The predicted octanol–water partition coefficient (Wildman–Crippen LogP) is 0.773. The number of hydrogen-bond acceptors (Lipinski definition) is 2. The van der Waals surface area contributed by atoms with E-state index in [1.165, 1.54) is 0 Å². The van der Waals surface area contributed by atoms with Gasteiger partial charge >= 0.3 is 0 Å². The molecular weight excluding hydrogens is 216 g/mol. The molecule has 1 N–H and O–H groups in total. The van der Waals surface area contributed by atoms with Crippen LogP contribution in [0.15, 0.2) is 0 Å². The zero-order chi connectivity index (χ0) is 12.8. The normalized spacial score (nSPS) is 23.2. The highest BCUT2D eigenvalue weighted by Crippen LogP contribution is 2.25. The Morgan fingerprint density at radius 2 is 1.76 bits per heavy atom. The summed E-state index contributed by atoms with van der Waals surface area (Å²) in [5, 5.41) is 2.87. The average Bonchev–Trinajstić information content (AvgIpc) is 2.29. The van der Waals surface area contributed by atoms with Crippen LogP contribution in [0.3, 0.4) is 0 Å². The van der Waals surface area contributed by atoms with Crippen molar-refractivity contribution in [2.75, 3.05) is 14.1 Å². The van der Waals surface area contributed by atoms with Crippen LogP contribution in [-0.2, 0) is 9.59 Å². The van der Waals surface area contributed by atoms with E-state index in [9.17, 15) is 9.59 Å². The number of nitrogens with zero attached hydrogens (tertiary/aromatic N) is 1. The Morgan fingerprint density at radius 1 is 1.18 bits per heavy atom. The molecule has 1 fully saturated rings. The van der Waals surface area contributed by atoms with Gasteiger partial charge in [0.25, 0.3) is 5.91 Å². The fourth-order valence-electron chi connectivity index (χ4n) is 2.18. The highest BCUT2D eigenvalue weighted by atomic mass is 16.2. The quantitative estimate of drug-likeness (QED) is 0.720. The van der Waals surface area contributed by atoms with E-state index < -0.39 is 0 Å². The molecule has 0 aliphatic heterocycles. The Balaban J connectivity index is 2.37. The Labute approximate surface area is 103 Å². The van der Waals surface area contributed by atoms with E-state index >= 15 is 0 Å². The highest BCUT2D eigenvalue weighted by Gasteiger charge is 2.27. The molecule has 0 aromatic heterocycles. The zero-order valence-electron chi connectivity index (χ0n) is 10.7. The lowest BCUT2D eigenvalue weighted by Crippen LogP contribution is -2.40. The van der Waals surface area contributed by atoms with Crippen LogP contribution in [0.1, 0.15) is 32.6 Å². The molecule has 1 aliphatic rings. The van der Waals surface area contributed by atoms with Gasteiger partial charge in [0.1, 0.15) is 0 Å². The monoisotopic (exact) mass is 236 g/mol. The van der Waals surface area contributed by atoms with Gasteiger partial charge < -0.3 is 10.2 Å². The van der Waals surface area contributed by atoms with Crippen molar-refractivity contribution in [3.63, 3.8) is 0 Å². The molecule has 94 valence electrons. The molecule has 0 radical (unpaired) electrons. The van der Waals surface area contributed by atoms with E-state index in [4.69, 9.17) is 0 Å². The largest absolute Gasteiger partial charge is 0.349 e. The summed E-state index contributed by atoms with van der Waals surface area (Å²) in [5.41, 5.74) is 0. The van der Waals surface area contributed by atoms with Crippen molar-refractivity contribution in [2.45, 2.75) is 38.6 Å². The molecule has 1 rings (SSSR count). The second kappa shape index (κ2) is 6.29. The lowest BCUT2D eigenvalue weighted by molar-refractivity contribution is -0.134. The first-order valence-corrected chi connectivity index (χ1v) is 5.99. The van der Waals surface area contributed by atoms with E-state index in [0.717, 1.165) is 25.7 Å². The van der Waals surface area contributed by atoms with Crippen molar-refractivity contribution < 1.29 is 9.59 Å². The van der Waals surface area contributed by atoms with Crippen molar-refractivity contribution in [3.8, 4) is 11.8 Å². The van der Waals surface area contributed by atoms with Crippen LogP contribution in [-0.4, -0.2) is 36.9 Å². The molecule has 0 saturated heterocycles. The first-order chi connectivity index (χ1) is 8.04. The van der Waals surface area contributed by atoms with Gasteiger partial charge in [-0.15, -0.1) is 0 Å². The van der Waals surface area contributed by atoms with E-state index in [0.29, 0.717) is 0 Å². The first kappa shape index (κ1) is 13.6. The van der Waals surface area contributed by atoms with E-state index in [2.05, 4.69) is 17.2 Å². The number of carbonyl (C=O) groups excluding carboxylic acids is 2. The maximum absolute atomic E-state index is 11.7. The van der Waals surface area contributed by atoms with Crippen LogP contribution >= 0.6 is 0 Å². The van der Waals surface area contributed by atoms with Gasteiger partial charge in [0, 0.05) is 26.1 Å². The molecule has 1 saturated carbocycles. The molecule has 0 aromatic rings. The van der Waals surface area contributed by atoms with Gasteiger partial charge in [-0.05, 0) is 38.5 Å². The SMILES string of the molecule is CC#CC(=O)NC1CCC(C(=O)N(C)C)CC1. The Morgan fingerprint density at radius 3 is 2.24 bits per heavy atom. The fraction of sp³-hybridized carbons (Fsp3) is 0.692. The minimum absolute atomic E-state index is 0.121. The van der Waals surface area contributed by atoms with E-state index in [-0.39, 0.29) is 23.8 Å². The molecule has 0 heterocycles. The van der Waals surface area contributed by atoms with Crippen LogP contribution < -0.4 is 5.32 Å². The topological polar surface area (TPSA) is 49.4 Å². The molecule has 4 heteroatoms. The highest BCUT2D eigenvalue weighted by molar-refractivity contribution is 5.93. The predicted molar refractivity (Wildman–Crippen MR) is 66.0 cm³/mol. The number of amides is 2.